The summed E-state index contributed by atoms with van der Waals surface area (Å²) in [6, 6.07) is 0. The van der Waals surface area contributed by atoms with E-state index in [4.69, 9.17) is 10.8 Å². The summed E-state index contributed by atoms with van der Waals surface area (Å²) in [7, 11) is 0. The van der Waals surface area contributed by atoms with Crippen molar-refractivity contribution < 1.29 is 5.11 Å². The molecule has 2 nitrogen and oxygen atoms in total. The molecule has 0 aromatic rings. The lowest BCUT2D eigenvalue weighted by molar-refractivity contribution is 0.136. The third-order valence-electron chi connectivity index (χ3n) is 1.92. The van der Waals surface area contributed by atoms with E-state index >= 15 is 0 Å². The average molecular weight is 115 g/mol. The lowest BCUT2D eigenvalue weighted by Crippen LogP contribution is -2.21. The van der Waals surface area contributed by atoms with E-state index < -0.39 is 0 Å². The Kier molecular flexibility index (Phi) is 1.86. The molecule has 3 N–H and O–H groups in total. The van der Waals surface area contributed by atoms with Crippen molar-refractivity contribution in [3.8, 4) is 0 Å². The first-order chi connectivity index (χ1) is 3.84. The van der Waals surface area contributed by atoms with Crippen LogP contribution in [0.25, 0.3) is 0 Å². The Hall–Kier alpha value is -0.0800. The molecule has 0 bridgehead atoms. The molecule has 0 aromatic carbocycles. The zero-order valence-corrected chi connectivity index (χ0v) is 5.01. The maximum absolute atomic E-state index is 9.11. The van der Waals surface area contributed by atoms with Crippen LogP contribution in [0.4, 0.5) is 0 Å². The van der Waals surface area contributed by atoms with E-state index in [9.17, 15) is 0 Å². The highest BCUT2D eigenvalue weighted by atomic mass is 16.3. The number of aliphatic hydroxyl groups excluding tert-OH is 1. The molecular formula is C6H13NO. The molecule has 2 heteroatoms. The first-order valence-corrected chi connectivity index (χ1v) is 3.22. The highest BCUT2D eigenvalue weighted by Gasteiger charge is 2.22. The van der Waals surface area contributed by atoms with E-state index in [2.05, 4.69) is 0 Å². The molecule has 48 valence electrons. The molecule has 1 saturated carbocycles. The molecule has 0 saturated heterocycles. The molecule has 1 aliphatic rings. The number of hydrogen-bond donors (Lipinski definition) is 2. The summed E-state index contributed by atoms with van der Waals surface area (Å²) in [5.41, 5.74) is 5.36. The van der Waals surface area contributed by atoms with Gasteiger partial charge in [0, 0.05) is 0 Å². The van der Waals surface area contributed by atoms with Gasteiger partial charge < -0.3 is 10.8 Å². The van der Waals surface area contributed by atoms with Gasteiger partial charge in [0.25, 0.3) is 0 Å². The summed E-state index contributed by atoms with van der Waals surface area (Å²) in [5.74, 6) is 0.398. The topological polar surface area (TPSA) is 46.2 Å². The second kappa shape index (κ2) is 2.46. The van der Waals surface area contributed by atoms with Gasteiger partial charge in [-0.3, -0.25) is 0 Å². The predicted molar refractivity (Wildman–Crippen MR) is 32.4 cm³/mol. The third-order valence-corrected chi connectivity index (χ3v) is 1.92. The van der Waals surface area contributed by atoms with Crippen LogP contribution in [-0.4, -0.2) is 17.8 Å². The van der Waals surface area contributed by atoms with E-state index in [1.54, 1.807) is 0 Å². The van der Waals surface area contributed by atoms with Crippen LogP contribution in [0, 0.1) is 5.92 Å². The summed E-state index contributed by atoms with van der Waals surface area (Å²) in [4.78, 5) is 0. The van der Waals surface area contributed by atoms with Crippen LogP contribution in [0.1, 0.15) is 19.3 Å². The first-order valence-electron chi connectivity index (χ1n) is 3.22. The third kappa shape index (κ3) is 1.01. The van der Waals surface area contributed by atoms with Gasteiger partial charge in [0.1, 0.15) is 0 Å². The second-order valence-electron chi connectivity index (χ2n) is 2.49. The molecule has 8 heavy (non-hydrogen) atoms. The van der Waals surface area contributed by atoms with Crippen molar-refractivity contribution in [2.45, 2.75) is 25.4 Å². The lowest BCUT2D eigenvalue weighted by Gasteiger charge is -2.09. The van der Waals surface area contributed by atoms with Crippen LogP contribution in [0.5, 0.6) is 0 Å². The van der Waals surface area contributed by atoms with Gasteiger partial charge >= 0.3 is 0 Å². The fraction of sp³-hybridized carbons (Fsp3) is 1.00. The van der Waals surface area contributed by atoms with E-state index in [-0.39, 0.29) is 6.10 Å². The van der Waals surface area contributed by atoms with Gasteiger partial charge in [-0.2, -0.15) is 0 Å². The Morgan fingerprint density at radius 1 is 1.50 bits per heavy atom. The fourth-order valence-corrected chi connectivity index (χ4v) is 1.29. The van der Waals surface area contributed by atoms with Crippen LogP contribution in [-0.2, 0) is 0 Å². The Morgan fingerprint density at radius 3 is 2.50 bits per heavy atom. The minimum absolute atomic E-state index is 0.0972. The van der Waals surface area contributed by atoms with Crippen LogP contribution < -0.4 is 5.73 Å². The number of aliphatic hydroxyl groups is 1. The molecule has 0 aromatic heterocycles. The fourth-order valence-electron chi connectivity index (χ4n) is 1.29. The molecule has 1 rings (SSSR count). The second-order valence-corrected chi connectivity index (χ2v) is 2.49. The molecule has 0 radical (unpaired) electrons. The summed E-state index contributed by atoms with van der Waals surface area (Å²) >= 11 is 0. The van der Waals surface area contributed by atoms with Crippen molar-refractivity contribution in [3.63, 3.8) is 0 Å². The maximum Gasteiger partial charge on any atom is 0.0580 e. The van der Waals surface area contributed by atoms with Gasteiger partial charge in [0.15, 0.2) is 0 Å². The highest BCUT2D eigenvalue weighted by molar-refractivity contribution is 4.76. The Balaban J connectivity index is 2.30. The summed E-state index contributed by atoms with van der Waals surface area (Å²) in [6.07, 6.45) is 3.14. The van der Waals surface area contributed by atoms with Crippen LogP contribution in [0.3, 0.4) is 0 Å². The smallest absolute Gasteiger partial charge is 0.0580 e. The molecule has 0 amide bonds. The molecular weight excluding hydrogens is 102 g/mol. The van der Waals surface area contributed by atoms with Crippen molar-refractivity contribution >= 4 is 0 Å². The molecule has 1 aliphatic carbocycles. The van der Waals surface area contributed by atoms with Crippen molar-refractivity contribution in [1.82, 2.24) is 0 Å². The van der Waals surface area contributed by atoms with Crippen molar-refractivity contribution in [1.29, 1.82) is 0 Å². The van der Waals surface area contributed by atoms with Gasteiger partial charge in [0.05, 0.1) is 6.10 Å². The molecule has 0 spiro atoms. The zero-order chi connectivity index (χ0) is 5.98. The number of nitrogens with two attached hydrogens (primary N) is 1. The minimum atomic E-state index is -0.0972. The van der Waals surface area contributed by atoms with Gasteiger partial charge in [-0.1, -0.05) is 6.42 Å². The lowest BCUT2D eigenvalue weighted by atomic mass is 10.1. The number of rotatable bonds is 1. The van der Waals surface area contributed by atoms with Crippen LogP contribution in [0.15, 0.2) is 0 Å². The van der Waals surface area contributed by atoms with Crippen molar-refractivity contribution in [3.05, 3.63) is 0 Å². The Labute approximate surface area is 49.7 Å². The van der Waals surface area contributed by atoms with Crippen LogP contribution >= 0.6 is 0 Å². The maximum atomic E-state index is 9.11. The zero-order valence-electron chi connectivity index (χ0n) is 5.01. The van der Waals surface area contributed by atoms with Crippen molar-refractivity contribution in [2.24, 2.45) is 11.7 Å². The van der Waals surface area contributed by atoms with Gasteiger partial charge in [0.2, 0.25) is 0 Å². The quantitative estimate of drug-likeness (QED) is 0.509. The van der Waals surface area contributed by atoms with Gasteiger partial charge in [-0.15, -0.1) is 0 Å². The van der Waals surface area contributed by atoms with Gasteiger partial charge in [-0.05, 0) is 25.3 Å². The monoisotopic (exact) mass is 115 g/mol. The predicted octanol–water partition coefficient (Wildman–Crippen LogP) is 0.106. The summed E-state index contributed by atoms with van der Waals surface area (Å²) in [5, 5.41) is 9.11. The normalized spacial score (nSPS) is 38.2. The summed E-state index contributed by atoms with van der Waals surface area (Å²) in [6.45, 7) is 0.654. The van der Waals surface area contributed by atoms with E-state index in [0.717, 1.165) is 19.3 Å². The minimum Gasteiger partial charge on any atom is -0.393 e. The van der Waals surface area contributed by atoms with E-state index in [1.165, 1.54) is 0 Å². The Bertz CT molecular complexity index is 74.9. The van der Waals surface area contributed by atoms with E-state index in [0.29, 0.717) is 12.5 Å². The molecule has 1 unspecified atom stereocenters. The standard InChI is InChI=1S/C6H13NO/c7-4-5-2-1-3-6(5)8/h5-6,8H,1-4,7H2/t5?,6-/m1/s1. The Morgan fingerprint density at radius 2 is 2.25 bits per heavy atom. The molecule has 1 fully saturated rings. The molecule has 0 aliphatic heterocycles. The highest BCUT2D eigenvalue weighted by Crippen LogP contribution is 2.23. The number of hydrogen-bond acceptors (Lipinski definition) is 2. The molecule has 2 atom stereocenters. The largest absolute Gasteiger partial charge is 0.393 e. The van der Waals surface area contributed by atoms with Gasteiger partial charge in [-0.25, -0.2) is 0 Å². The summed E-state index contributed by atoms with van der Waals surface area (Å²) < 4.78 is 0. The SMILES string of the molecule is NCC1CCC[C@H]1O. The van der Waals surface area contributed by atoms with Crippen LogP contribution in [0.2, 0.25) is 0 Å². The molecule has 0 heterocycles. The first kappa shape index (κ1) is 6.05. The van der Waals surface area contributed by atoms with E-state index in [1.807, 2.05) is 0 Å². The average Bonchev–Trinajstić information content (AvgIpc) is 2.14. The van der Waals surface area contributed by atoms with Crippen molar-refractivity contribution in [2.75, 3.05) is 6.54 Å².